The van der Waals surface area contributed by atoms with Gasteiger partial charge < -0.3 is 11.1 Å². The summed E-state index contributed by atoms with van der Waals surface area (Å²) in [7, 11) is 0. The predicted octanol–water partition coefficient (Wildman–Crippen LogP) is 3.95. The number of nitrogens with zero attached hydrogens (tertiary/aromatic N) is 5. The van der Waals surface area contributed by atoms with Crippen molar-refractivity contribution in [1.82, 2.24) is 15.0 Å². The molecule has 2 aromatic carbocycles. The van der Waals surface area contributed by atoms with Gasteiger partial charge in [0.05, 0.1) is 28.8 Å². The Morgan fingerprint density at radius 2 is 1.81 bits per heavy atom. The van der Waals surface area contributed by atoms with Gasteiger partial charge in [-0.25, -0.2) is 4.98 Å². The van der Waals surface area contributed by atoms with Crippen LogP contribution < -0.4 is 16.0 Å². The SMILES string of the molecule is NC1=CN(c2nc(NCc3ccccn3)c3c(-c4ccccc4)cccc3n2)CN=C1. The lowest BCUT2D eigenvalue weighted by molar-refractivity contribution is 0.904. The Labute approximate surface area is 180 Å². The number of hydrogen-bond acceptors (Lipinski definition) is 7. The van der Waals surface area contributed by atoms with E-state index < -0.39 is 0 Å². The third kappa shape index (κ3) is 3.93. The van der Waals surface area contributed by atoms with Gasteiger partial charge in [0.25, 0.3) is 0 Å². The van der Waals surface area contributed by atoms with Gasteiger partial charge in [-0.2, -0.15) is 4.98 Å². The van der Waals surface area contributed by atoms with E-state index in [2.05, 4.69) is 33.5 Å². The van der Waals surface area contributed by atoms with Crippen molar-refractivity contribution in [2.45, 2.75) is 6.54 Å². The zero-order valence-corrected chi connectivity index (χ0v) is 16.8. The molecule has 152 valence electrons. The van der Waals surface area contributed by atoms with Crippen LogP contribution in [0, 0.1) is 0 Å². The van der Waals surface area contributed by atoms with Gasteiger partial charge in [0.15, 0.2) is 0 Å². The second-order valence-corrected chi connectivity index (χ2v) is 7.16. The summed E-state index contributed by atoms with van der Waals surface area (Å²) in [6, 6.07) is 22.2. The quantitative estimate of drug-likeness (QED) is 0.520. The highest BCUT2D eigenvalue weighted by atomic mass is 15.3. The average molecular weight is 407 g/mol. The maximum absolute atomic E-state index is 5.94. The van der Waals surface area contributed by atoms with Crippen molar-refractivity contribution in [3.05, 3.63) is 90.5 Å². The molecule has 4 aromatic rings. The van der Waals surface area contributed by atoms with Gasteiger partial charge in [-0.1, -0.05) is 48.5 Å². The molecule has 31 heavy (non-hydrogen) atoms. The molecule has 7 heteroatoms. The highest BCUT2D eigenvalue weighted by Crippen LogP contribution is 2.34. The van der Waals surface area contributed by atoms with E-state index in [1.54, 1.807) is 18.6 Å². The molecular weight excluding hydrogens is 386 g/mol. The van der Waals surface area contributed by atoms with Gasteiger partial charge >= 0.3 is 0 Å². The molecule has 0 amide bonds. The molecule has 0 unspecified atom stereocenters. The molecule has 3 heterocycles. The molecular formula is C24H21N7. The van der Waals surface area contributed by atoms with Crippen molar-refractivity contribution in [3.63, 3.8) is 0 Å². The molecule has 0 saturated heterocycles. The summed E-state index contributed by atoms with van der Waals surface area (Å²) in [5.41, 5.74) is 10.5. The van der Waals surface area contributed by atoms with E-state index in [4.69, 9.17) is 15.7 Å². The third-order valence-corrected chi connectivity index (χ3v) is 5.00. The smallest absolute Gasteiger partial charge is 0.233 e. The van der Waals surface area contributed by atoms with Crippen molar-refractivity contribution in [2.24, 2.45) is 10.7 Å². The van der Waals surface area contributed by atoms with Gasteiger partial charge in [-0.05, 0) is 29.3 Å². The number of fused-ring (bicyclic) bond motifs is 1. The molecule has 0 fully saturated rings. The summed E-state index contributed by atoms with van der Waals surface area (Å²) in [5, 5.41) is 4.44. The highest BCUT2D eigenvalue weighted by Gasteiger charge is 2.17. The third-order valence-electron chi connectivity index (χ3n) is 5.00. The van der Waals surface area contributed by atoms with Crippen molar-refractivity contribution < 1.29 is 0 Å². The van der Waals surface area contributed by atoms with E-state index in [0.29, 0.717) is 24.9 Å². The topological polar surface area (TPSA) is 92.3 Å². The van der Waals surface area contributed by atoms with Crippen LogP contribution in [0.4, 0.5) is 11.8 Å². The molecule has 3 N–H and O–H groups in total. The van der Waals surface area contributed by atoms with Crippen molar-refractivity contribution >= 4 is 28.9 Å². The second kappa shape index (κ2) is 8.23. The van der Waals surface area contributed by atoms with Crippen molar-refractivity contribution in [1.29, 1.82) is 0 Å². The molecule has 5 rings (SSSR count). The molecule has 0 spiro atoms. The number of nitrogens with one attached hydrogen (secondary N) is 1. The highest BCUT2D eigenvalue weighted by molar-refractivity contribution is 6.02. The van der Waals surface area contributed by atoms with E-state index in [-0.39, 0.29) is 0 Å². The lowest BCUT2D eigenvalue weighted by Crippen LogP contribution is -2.25. The molecule has 0 aliphatic carbocycles. The normalized spacial score (nSPS) is 13.3. The summed E-state index contributed by atoms with van der Waals surface area (Å²) >= 11 is 0. The maximum Gasteiger partial charge on any atom is 0.233 e. The molecule has 2 aromatic heterocycles. The van der Waals surface area contributed by atoms with Crippen LogP contribution in [-0.2, 0) is 6.54 Å². The Kier molecular flexibility index (Phi) is 4.98. The molecule has 1 aliphatic rings. The first-order chi connectivity index (χ1) is 15.3. The van der Waals surface area contributed by atoms with Crippen LogP contribution in [-0.4, -0.2) is 27.8 Å². The minimum Gasteiger partial charge on any atom is -0.396 e. The Balaban J connectivity index is 1.64. The summed E-state index contributed by atoms with van der Waals surface area (Å²) in [6.45, 7) is 0.968. The number of pyridine rings is 1. The molecule has 0 saturated carbocycles. The number of anilines is 2. The fourth-order valence-electron chi connectivity index (χ4n) is 3.57. The van der Waals surface area contributed by atoms with E-state index >= 15 is 0 Å². The fraction of sp³-hybridized carbons (Fsp3) is 0.0833. The van der Waals surface area contributed by atoms with Crippen LogP contribution in [0.1, 0.15) is 5.69 Å². The van der Waals surface area contributed by atoms with Gasteiger partial charge in [0.2, 0.25) is 5.95 Å². The molecule has 0 bridgehead atoms. The Bertz CT molecular complexity index is 1270. The van der Waals surface area contributed by atoms with Gasteiger partial charge in [-0.15, -0.1) is 0 Å². The lowest BCUT2D eigenvalue weighted by Gasteiger charge is -2.21. The Morgan fingerprint density at radius 1 is 0.935 bits per heavy atom. The number of nitrogens with two attached hydrogens (primary N) is 1. The summed E-state index contributed by atoms with van der Waals surface area (Å²) < 4.78 is 0. The molecule has 0 atom stereocenters. The minimum absolute atomic E-state index is 0.421. The van der Waals surface area contributed by atoms with Gasteiger partial charge in [-0.3, -0.25) is 14.9 Å². The lowest BCUT2D eigenvalue weighted by atomic mass is 10.0. The number of aliphatic imine (C=N–C) groups is 1. The van der Waals surface area contributed by atoms with Crippen molar-refractivity contribution in [3.8, 4) is 11.1 Å². The zero-order chi connectivity index (χ0) is 21.0. The molecule has 0 radical (unpaired) electrons. The predicted molar refractivity (Wildman–Crippen MR) is 125 cm³/mol. The van der Waals surface area contributed by atoms with Crippen molar-refractivity contribution in [2.75, 3.05) is 16.9 Å². The van der Waals surface area contributed by atoms with E-state index in [1.165, 1.54) is 0 Å². The van der Waals surface area contributed by atoms with E-state index in [9.17, 15) is 0 Å². The van der Waals surface area contributed by atoms with Crippen LogP contribution >= 0.6 is 0 Å². The number of benzene rings is 2. The molecule has 1 aliphatic heterocycles. The van der Waals surface area contributed by atoms with Crippen LogP contribution in [0.25, 0.3) is 22.0 Å². The van der Waals surface area contributed by atoms with Gasteiger partial charge in [0.1, 0.15) is 12.5 Å². The first-order valence-corrected chi connectivity index (χ1v) is 10.0. The molecule has 7 nitrogen and oxygen atoms in total. The minimum atomic E-state index is 0.421. The van der Waals surface area contributed by atoms with Crippen LogP contribution in [0.5, 0.6) is 0 Å². The maximum atomic E-state index is 5.94. The number of rotatable bonds is 5. The van der Waals surface area contributed by atoms with Gasteiger partial charge in [0, 0.05) is 18.6 Å². The number of hydrogen-bond donors (Lipinski definition) is 2. The van der Waals surface area contributed by atoms with E-state index in [1.807, 2.05) is 53.4 Å². The monoisotopic (exact) mass is 407 g/mol. The average Bonchev–Trinajstić information content (AvgIpc) is 2.83. The largest absolute Gasteiger partial charge is 0.396 e. The van der Waals surface area contributed by atoms with Crippen LogP contribution in [0.3, 0.4) is 0 Å². The fourth-order valence-corrected chi connectivity index (χ4v) is 3.57. The first-order valence-electron chi connectivity index (χ1n) is 10.0. The Morgan fingerprint density at radius 3 is 2.61 bits per heavy atom. The zero-order valence-electron chi connectivity index (χ0n) is 16.8. The summed E-state index contributed by atoms with van der Waals surface area (Å²) in [6.07, 6.45) is 5.23. The van der Waals surface area contributed by atoms with E-state index in [0.717, 1.165) is 33.5 Å². The van der Waals surface area contributed by atoms with Crippen LogP contribution in [0.2, 0.25) is 0 Å². The van der Waals surface area contributed by atoms with Crippen LogP contribution in [0.15, 0.2) is 89.8 Å². The summed E-state index contributed by atoms with van der Waals surface area (Å²) in [4.78, 5) is 20.2. The standard InChI is InChI=1S/C24H21N7/c25-18-13-26-16-31(15-18)24-29-21-11-6-10-20(17-7-2-1-3-8-17)22(21)23(30-24)28-14-19-9-4-5-12-27-19/h1-13,15H,14,16,25H2,(H,28,29,30). The number of aromatic nitrogens is 3. The summed E-state index contributed by atoms with van der Waals surface area (Å²) in [5.74, 6) is 1.28. The first kappa shape index (κ1) is 18.7. The second-order valence-electron chi connectivity index (χ2n) is 7.16. The Hall–Kier alpha value is -4.26. The number of allylic oxidation sites excluding steroid dienone is 1.